The van der Waals surface area contributed by atoms with Crippen LogP contribution < -0.4 is 10.5 Å². The van der Waals surface area contributed by atoms with Gasteiger partial charge in [0.1, 0.15) is 0 Å². The average Bonchev–Trinajstić information content (AvgIpc) is 2.43. The standard InChI is InChI=1S/C15H22N2O3S/c1-12-6-7-14(5-4-9-16)11-15(12)21(18,19)17-13(2)8-10-20-3/h6-7,11,13,17H,8-10,16H2,1-3H3. The van der Waals surface area contributed by atoms with Crippen molar-refractivity contribution < 1.29 is 13.2 Å². The zero-order chi connectivity index (χ0) is 15.9. The first-order chi connectivity index (χ1) is 9.90. The van der Waals surface area contributed by atoms with Crippen molar-refractivity contribution in [2.24, 2.45) is 5.73 Å². The molecule has 0 aliphatic rings. The zero-order valence-electron chi connectivity index (χ0n) is 12.6. The Bertz CT molecular complexity index is 630. The van der Waals surface area contributed by atoms with Crippen molar-refractivity contribution in [3.63, 3.8) is 0 Å². The third-order valence-electron chi connectivity index (χ3n) is 2.92. The smallest absolute Gasteiger partial charge is 0.241 e. The minimum absolute atomic E-state index is 0.201. The van der Waals surface area contributed by atoms with E-state index in [0.717, 1.165) is 0 Å². The molecule has 0 saturated heterocycles. The number of nitrogens with two attached hydrogens (primary N) is 1. The SMILES string of the molecule is COCCC(C)NS(=O)(=O)c1cc(C#CCN)ccc1C. The van der Waals surface area contributed by atoms with Gasteiger partial charge in [-0.05, 0) is 38.0 Å². The highest BCUT2D eigenvalue weighted by Gasteiger charge is 2.19. The summed E-state index contributed by atoms with van der Waals surface area (Å²) in [6.45, 7) is 4.31. The summed E-state index contributed by atoms with van der Waals surface area (Å²) in [5.74, 6) is 5.56. The van der Waals surface area contributed by atoms with Crippen LogP contribution in [-0.2, 0) is 14.8 Å². The van der Waals surface area contributed by atoms with Crippen molar-refractivity contribution in [3.05, 3.63) is 29.3 Å². The van der Waals surface area contributed by atoms with E-state index in [9.17, 15) is 8.42 Å². The van der Waals surface area contributed by atoms with Gasteiger partial charge in [0.05, 0.1) is 11.4 Å². The molecule has 6 heteroatoms. The van der Waals surface area contributed by atoms with Gasteiger partial charge < -0.3 is 10.5 Å². The lowest BCUT2D eigenvalue weighted by Gasteiger charge is -2.15. The maximum atomic E-state index is 12.4. The molecule has 0 aliphatic carbocycles. The molecule has 1 rings (SSSR count). The zero-order valence-corrected chi connectivity index (χ0v) is 13.5. The molecule has 116 valence electrons. The number of hydrogen-bond acceptors (Lipinski definition) is 4. The van der Waals surface area contributed by atoms with Gasteiger partial charge in [0.25, 0.3) is 0 Å². The predicted octanol–water partition coefficient (Wildman–Crippen LogP) is 1.01. The van der Waals surface area contributed by atoms with Gasteiger partial charge in [0.2, 0.25) is 10.0 Å². The third kappa shape index (κ3) is 5.48. The van der Waals surface area contributed by atoms with E-state index >= 15 is 0 Å². The largest absolute Gasteiger partial charge is 0.385 e. The summed E-state index contributed by atoms with van der Waals surface area (Å²) < 4.78 is 32.5. The fourth-order valence-electron chi connectivity index (χ4n) is 1.80. The molecule has 0 saturated carbocycles. The van der Waals surface area contributed by atoms with Gasteiger partial charge in [-0.2, -0.15) is 0 Å². The summed E-state index contributed by atoms with van der Waals surface area (Å²) in [5, 5.41) is 0. The molecule has 0 amide bonds. The Morgan fingerprint density at radius 3 is 2.76 bits per heavy atom. The van der Waals surface area contributed by atoms with Crippen LogP contribution in [0.2, 0.25) is 0 Å². The number of methoxy groups -OCH3 is 1. The van der Waals surface area contributed by atoms with Crippen LogP contribution in [-0.4, -0.2) is 34.7 Å². The molecule has 1 aromatic rings. The van der Waals surface area contributed by atoms with E-state index in [1.165, 1.54) is 0 Å². The van der Waals surface area contributed by atoms with Crippen molar-refractivity contribution in [3.8, 4) is 11.8 Å². The molecule has 5 nitrogen and oxygen atoms in total. The minimum Gasteiger partial charge on any atom is -0.385 e. The maximum absolute atomic E-state index is 12.4. The van der Waals surface area contributed by atoms with Crippen molar-refractivity contribution >= 4 is 10.0 Å². The molecule has 1 aromatic carbocycles. The van der Waals surface area contributed by atoms with Gasteiger partial charge in [0, 0.05) is 25.3 Å². The van der Waals surface area contributed by atoms with E-state index < -0.39 is 10.0 Å². The molecule has 0 radical (unpaired) electrons. The van der Waals surface area contributed by atoms with Gasteiger partial charge >= 0.3 is 0 Å². The number of hydrogen-bond donors (Lipinski definition) is 2. The molecule has 21 heavy (non-hydrogen) atoms. The Kier molecular flexibility index (Phi) is 6.85. The Morgan fingerprint density at radius 1 is 1.43 bits per heavy atom. The molecule has 1 unspecified atom stereocenters. The second kappa shape index (κ2) is 8.15. The fourth-order valence-corrected chi connectivity index (χ4v) is 3.35. The van der Waals surface area contributed by atoms with Crippen LogP contribution in [0, 0.1) is 18.8 Å². The summed E-state index contributed by atoms with van der Waals surface area (Å²) in [6, 6.07) is 4.90. The topological polar surface area (TPSA) is 81.4 Å². The van der Waals surface area contributed by atoms with E-state index in [0.29, 0.717) is 24.2 Å². The van der Waals surface area contributed by atoms with Gasteiger partial charge in [-0.15, -0.1) is 0 Å². The average molecular weight is 310 g/mol. The molecular weight excluding hydrogens is 288 g/mol. The van der Waals surface area contributed by atoms with Crippen LogP contribution in [0.4, 0.5) is 0 Å². The summed E-state index contributed by atoms with van der Waals surface area (Å²) in [7, 11) is -1.98. The second-order valence-electron chi connectivity index (χ2n) is 4.79. The first kappa shape index (κ1) is 17.7. The van der Waals surface area contributed by atoms with Gasteiger partial charge in [-0.3, -0.25) is 0 Å². The van der Waals surface area contributed by atoms with E-state index in [1.807, 2.05) is 6.92 Å². The predicted molar refractivity (Wildman–Crippen MR) is 83.4 cm³/mol. The highest BCUT2D eigenvalue weighted by Crippen LogP contribution is 2.17. The first-order valence-electron chi connectivity index (χ1n) is 6.71. The molecule has 0 aromatic heterocycles. The molecule has 3 N–H and O–H groups in total. The molecule has 0 aliphatic heterocycles. The molecular formula is C15H22N2O3S. The summed E-state index contributed by atoms with van der Waals surface area (Å²) in [5.41, 5.74) is 6.64. The lowest BCUT2D eigenvalue weighted by Crippen LogP contribution is -2.33. The summed E-state index contributed by atoms with van der Waals surface area (Å²) in [4.78, 5) is 0.246. The number of sulfonamides is 1. The highest BCUT2D eigenvalue weighted by molar-refractivity contribution is 7.89. The second-order valence-corrected chi connectivity index (χ2v) is 6.47. The number of benzene rings is 1. The Balaban J connectivity index is 3.01. The maximum Gasteiger partial charge on any atom is 0.241 e. The Hall–Kier alpha value is -1.39. The lowest BCUT2D eigenvalue weighted by molar-refractivity contribution is 0.188. The van der Waals surface area contributed by atoms with Crippen molar-refractivity contribution in [1.29, 1.82) is 0 Å². The number of ether oxygens (including phenoxy) is 1. The van der Waals surface area contributed by atoms with Crippen LogP contribution in [0.1, 0.15) is 24.5 Å². The molecule has 0 fully saturated rings. The van der Waals surface area contributed by atoms with Crippen molar-refractivity contribution in [1.82, 2.24) is 4.72 Å². The quantitative estimate of drug-likeness (QED) is 0.768. The third-order valence-corrected chi connectivity index (χ3v) is 4.66. The van der Waals surface area contributed by atoms with E-state index in [1.54, 1.807) is 32.2 Å². The van der Waals surface area contributed by atoms with Gasteiger partial charge in [-0.25, -0.2) is 13.1 Å². The molecule has 0 spiro atoms. The highest BCUT2D eigenvalue weighted by atomic mass is 32.2. The molecule has 0 heterocycles. The van der Waals surface area contributed by atoms with Gasteiger partial charge in [-0.1, -0.05) is 17.9 Å². The van der Waals surface area contributed by atoms with E-state index in [-0.39, 0.29) is 17.5 Å². The monoisotopic (exact) mass is 310 g/mol. The lowest BCUT2D eigenvalue weighted by atomic mass is 10.1. The minimum atomic E-state index is -3.57. The van der Waals surface area contributed by atoms with E-state index in [4.69, 9.17) is 10.5 Å². The Morgan fingerprint density at radius 2 is 2.14 bits per heavy atom. The van der Waals surface area contributed by atoms with Gasteiger partial charge in [0.15, 0.2) is 0 Å². The number of rotatable bonds is 6. The summed E-state index contributed by atoms with van der Waals surface area (Å²) in [6.07, 6.45) is 0.613. The number of aryl methyl sites for hydroxylation is 1. The van der Waals surface area contributed by atoms with Crippen LogP contribution in [0.3, 0.4) is 0 Å². The van der Waals surface area contributed by atoms with Crippen molar-refractivity contribution in [2.75, 3.05) is 20.3 Å². The van der Waals surface area contributed by atoms with Crippen molar-refractivity contribution in [2.45, 2.75) is 31.2 Å². The Labute approximate surface area is 126 Å². The molecule has 0 bridgehead atoms. The fraction of sp³-hybridized carbons (Fsp3) is 0.467. The normalized spacial score (nSPS) is 12.6. The van der Waals surface area contributed by atoms with Crippen LogP contribution in [0.5, 0.6) is 0 Å². The molecule has 1 atom stereocenters. The van der Waals surface area contributed by atoms with Crippen LogP contribution >= 0.6 is 0 Å². The van der Waals surface area contributed by atoms with Crippen LogP contribution in [0.15, 0.2) is 23.1 Å². The first-order valence-corrected chi connectivity index (χ1v) is 8.20. The van der Waals surface area contributed by atoms with Crippen LogP contribution in [0.25, 0.3) is 0 Å². The van der Waals surface area contributed by atoms with E-state index in [2.05, 4.69) is 16.6 Å². The number of nitrogens with one attached hydrogen (secondary N) is 1. The summed E-state index contributed by atoms with van der Waals surface area (Å²) >= 11 is 0.